The Balaban J connectivity index is 1.65. The summed E-state index contributed by atoms with van der Waals surface area (Å²) in [6, 6.07) is 14.7. The zero-order valence-corrected chi connectivity index (χ0v) is 17.0. The van der Waals surface area contributed by atoms with Crippen LogP contribution in [0.1, 0.15) is 30.1 Å². The minimum Gasteiger partial charge on any atom is -0.462 e. The molecule has 0 radical (unpaired) electrons. The Kier molecular flexibility index (Phi) is 6.66. The third kappa shape index (κ3) is 5.02. The maximum absolute atomic E-state index is 12.8. The molecule has 3 rings (SSSR count). The SMILES string of the molecule is CCOC(=O)c1ccc(NC(=O)C2CCCN(S(=O)(=O)c3ccccc3)C2)cc1. The molecule has 1 atom stereocenters. The number of rotatable bonds is 6. The van der Waals surface area contributed by atoms with E-state index in [4.69, 9.17) is 4.74 Å². The number of carbonyl (C=O) groups excluding carboxylic acids is 2. The number of nitrogens with one attached hydrogen (secondary N) is 1. The maximum atomic E-state index is 12.8. The van der Waals surface area contributed by atoms with Crippen molar-refractivity contribution in [3.05, 3.63) is 60.2 Å². The van der Waals surface area contributed by atoms with Gasteiger partial charge in [-0.25, -0.2) is 13.2 Å². The van der Waals surface area contributed by atoms with Crippen molar-refractivity contribution in [2.45, 2.75) is 24.7 Å². The van der Waals surface area contributed by atoms with Gasteiger partial charge in [0, 0.05) is 18.8 Å². The zero-order valence-electron chi connectivity index (χ0n) is 16.2. The lowest BCUT2D eigenvalue weighted by molar-refractivity contribution is -0.120. The van der Waals surface area contributed by atoms with Gasteiger partial charge in [0.1, 0.15) is 0 Å². The number of nitrogens with zero attached hydrogens (tertiary/aromatic N) is 1. The van der Waals surface area contributed by atoms with E-state index < -0.39 is 21.9 Å². The van der Waals surface area contributed by atoms with Crippen LogP contribution in [-0.4, -0.2) is 44.3 Å². The van der Waals surface area contributed by atoms with Gasteiger partial charge in [-0.2, -0.15) is 4.31 Å². The molecule has 1 aliphatic heterocycles. The van der Waals surface area contributed by atoms with Gasteiger partial charge < -0.3 is 10.1 Å². The number of carbonyl (C=O) groups is 2. The molecule has 0 aromatic heterocycles. The van der Waals surface area contributed by atoms with Crippen molar-refractivity contribution in [2.24, 2.45) is 5.92 Å². The molecule has 2 aromatic rings. The predicted octanol–water partition coefficient (Wildman–Crippen LogP) is 2.90. The second kappa shape index (κ2) is 9.19. The van der Waals surface area contributed by atoms with Gasteiger partial charge in [0.25, 0.3) is 0 Å². The van der Waals surface area contributed by atoms with Crippen molar-refractivity contribution in [3.63, 3.8) is 0 Å². The fourth-order valence-electron chi connectivity index (χ4n) is 3.26. The summed E-state index contributed by atoms with van der Waals surface area (Å²) in [4.78, 5) is 24.6. The first kappa shape index (κ1) is 21.0. The lowest BCUT2D eigenvalue weighted by Gasteiger charge is -2.31. The highest BCUT2D eigenvalue weighted by atomic mass is 32.2. The van der Waals surface area contributed by atoms with Crippen LogP contribution in [0, 0.1) is 5.92 Å². The molecule has 1 heterocycles. The highest BCUT2D eigenvalue weighted by Gasteiger charge is 2.33. The zero-order chi connectivity index (χ0) is 20.9. The van der Waals surface area contributed by atoms with Crippen LogP contribution in [0.15, 0.2) is 59.5 Å². The molecule has 29 heavy (non-hydrogen) atoms. The second-order valence-corrected chi connectivity index (χ2v) is 8.74. The topological polar surface area (TPSA) is 92.8 Å². The van der Waals surface area contributed by atoms with Crippen molar-refractivity contribution in [1.29, 1.82) is 0 Å². The Hall–Kier alpha value is -2.71. The molecule has 0 aliphatic carbocycles. The molecule has 1 fully saturated rings. The van der Waals surface area contributed by atoms with E-state index in [1.165, 1.54) is 4.31 Å². The summed E-state index contributed by atoms with van der Waals surface area (Å²) in [6.45, 7) is 2.57. The molecule has 1 saturated heterocycles. The highest BCUT2D eigenvalue weighted by molar-refractivity contribution is 7.89. The minimum absolute atomic E-state index is 0.143. The van der Waals surface area contributed by atoms with Crippen LogP contribution >= 0.6 is 0 Å². The minimum atomic E-state index is -3.62. The normalized spacial score (nSPS) is 17.5. The predicted molar refractivity (Wildman–Crippen MR) is 109 cm³/mol. The number of esters is 1. The molecule has 0 bridgehead atoms. The van der Waals surface area contributed by atoms with Crippen molar-refractivity contribution < 1.29 is 22.7 Å². The molecule has 1 unspecified atom stereocenters. The number of amides is 1. The van der Waals surface area contributed by atoms with Gasteiger partial charge in [0.15, 0.2) is 0 Å². The fraction of sp³-hybridized carbons (Fsp3) is 0.333. The van der Waals surface area contributed by atoms with Gasteiger partial charge in [-0.05, 0) is 56.2 Å². The lowest BCUT2D eigenvalue weighted by atomic mass is 9.98. The van der Waals surface area contributed by atoms with Gasteiger partial charge in [0.2, 0.25) is 15.9 Å². The fourth-order valence-corrected chi connectivity index (χ4v) is 4.81. The molecule has 0 saturated carbocycles. The van der Waals surface area contributed by atoms with Gasteiger partial charge in [0.05, 0.1) is 23.0 Å². The van der Waals surface area contributed by atoms with E-state index in [-0.39, 0.29) is 17.3 Å². The Morgan fingerprint density at radius 1 is 1.10 bits per heavy atom. The van der Waals surface area contributed by atoms with E-state index in [9.17, 15) is 18.0 Å². The summed E-state index contributed by atoms with van der Waals surface area (Å²) in [6.07, 6.45) is 1.24. The third-order valence-corrected chi connectivity index (χ3v) is 6.68. The van der Waals surface area contributed by atoms with E-state index >= 15 is 0 Å². The number of sulfonamides is 1. The third-order valence-electron chi connectivity index (χ3n) is 4.80. The average molecular weight is 416 g/mol. The first-order valence-corrected chi connectivity index (χ1v) is 11.0. The lowest BCUT2D eigenvalue weighted by Crippen LogP contribution is -2.43. The first-order valence-electron chi connectivity index (χ1n) is 9.55. The molecule has 1 amide bonds. The van der Waals surface area contributed by atoms with Crippen molar-refractivity contribution in [2.75, 3.05) is 25.0 Å². The smallest absolute Gasteiger partial charge is 0.338 e. The van der Waals surface area contributed by atoms with Crippen molar-refractivity contribution >= 4 is 27.6 Å². The quantitative estimate of drug-likeness (QED) is 0.731. The van der Waals surface area contributed by atoms with Crippen molar-refractivity contribution in [3.8, 4) is 0 Å². The molecular formula is C21H24N2O5S. The maximum Gasteiger partial charge on any atom is 0.338 e. The second-order valence-electron chi connectivity index (χ2n) is 6.80. The summed E-state index contributed by atoms with van der Waals surface area (Å²) in [5, 5.41) is 2.81. The number of piperidine rings is 1. The van der Waals surface area contributed by atoms with Crippen LogP contribution in [0.2, 0.25) is 0 Å². The van der Waals surface area contributed by atoms with Crippen LogP contribution in [0.3, 0.4) is 0 Å². The molecule has 7 nitrogen and oxygen atoms in total. The Labute approximate surface area is 170 Å². The summed E-state index contributed by atoms with van der Waals surface area (Å²) in [7, 11) is -3.62. The largest absolute Gasteiger partial charge is 0.462 e. The molecular weight excluding hydrogens is 392 g/mol. The van der Waals surface area contributed by atoms with Crippen LogP contribution < -0.4 is 5.32 Å². The Morgan fingerprint density at radius 3 is 2.45 bits per heavy atom. The van der Waals surface area contributed by atoms with Gasteiger partial charge >= 0.3 is 5.97 Å². The molecule has 154 valence electrons. The van der Waals surface area contributed by atoms with E-state index in [1.54, 1.807) is 61.5 Å². The van der Waals surface area contributed by atoms with Gasteiger partial charge in [-0.1, -0.05) is 18.2 Å². The van der Waals surface area contributed by atoms with Crippen LogP contribution in [0.25, 0.3) is 0 Å². The van der Waals surface area contributed by atoms with E-state index in [0.717, 1.165) is 0 Å². The monoisotopic (exact) mass is 416 g/mol. The number of hydrogen-bond acceptors (Lipinski definition) is 5. The molecule has 0 spiro atoms. The average Bonchev–Trinajstić information content (AvgIpc) is 2.75. The van der Waals surface area contributed by atoms with Crippen LogP contribution in [0.4, 0.5) is 5.69 Å². The molecule has 1 N–H and O–H groups in total. The summed E-state index contributed by atoms with van der Waals surface area (Å²) >= 11 is 0. The number of anilines is 1. The Bertz CT molecular complexity index is 958. The van der Waals surface area contributed by atoms with Crippen LogP contribution in [0.5, 0.6) is 0 Å². The number of benzene rings is 2. The van der Waals surface area contributed by atoms with E-state index in [0.29, 0.717) is 37.2 Å². The van der Waals surface area contributed by atoms with E-state index in [2.05, 4.69) is 5.32 Å². The molecule has 1 aliphatic rings. The number of ether oxygens (including phenoxy) is 1. The first-order chi connectivity index (χ1) is 13.9. The van der Waals surface area contributed by atoms with Crippen molar-refractivity contribution in [1.82, 2.24) is 4.31 Å². The van der Waals surface area contributed by atoms with Crippen LogP contribution in [-0.2, 0) is 19.6 Å². The van der Waals surface area contributed by atoms with E-state index in [1.807, 2.05) is 0 Å². The Morgan fingerprint density at radius 2 is 1.79 bits per heavy atom. The number of hydrogen-bond donors (Lipinski definition) is 1. The van der Waals surface area contributed by atoms with Gasteiger partial charge in [-0.15, -0.1) is 0 Å². The summed E-state index contributed by atoms with van der Waals surface area (Å²) in [5.41, 5.74) is 0.953. The standard InChI is InChI=1S/C21H24N2O5S/c1-2-28-21(25)16-10-12-18(13-11-16)22-20(24)17-7-6-14-23(15-17)29(26,27)19-8-4-3-5-9-19/h3-5,8-13,17H,2,6-7,14-15H2,1H3,(H,22,24). The summed E-state index contributed by atoms with van der Waals surface area (Å²) in [5.74, 6) is -1.09. The highest BCUT2D eigenvalue weighted by Crippen LogP contribution is 2.25. The summed E-state index contributed by atoms with van der Waals surface area (Å²) < 4.78 is 31.9. The van der Waals surface area contributed by atoms with Gasteiger partial charge in [-0.3, -0.25) is 4.79 Å². The molecule has 8 heteroatoms. The molecule has 2 aromatic carbocycles.